The SMILES string of the molecule is COc1ccc(-c2c(Cl)cccc2Br)c(CN)c1. The molecule has 0 saturated heterocycles. The van der Waals surface area contributed by atoms with Gasteiger partial charge in [-0.2, -0.15) is 0 Å². The number of ether oxygens (including phenoxy) is 1. The van der Waals surface area contributed by atoms with Crippen molar-refractivity contribution < 1.29 is 4.74 Å². The Labute approximate surface area is 120 Å². The zero-order valence-corrected chi connectivity index (χ0v) is 12.3. The topological polar surface area (TPSA) is 35.2 Å². The molecule has 94 valence electrons. The van der Waals surface area contributed by atoms with Crippen molar-refractivity contribution in [3.05, 3.63) is 51.5 Å². The molecule has 18 heavy (non-hydrogen) atoms. The van der Waals surface area contributed by atoms with Crippen LogP contribution in [0.3, 0.4) is 0 Å². The molecule has 0 amide bonds. The molecular weight excluding hydrogens is 314 g/mol. The van der Waals surface area contributed by atoms with E-state index in [0.717, 1.165) is 26.9 Å². The number of halogens is 2. The minimum Gasteiger partial charge on any atom is -0.497 e. The number of hydrogen-bond acceptors (Lipinski definition) is 2. The van der Waals surface area contributed by atoms with Crippen molar-refractivity contribution in [2.24, 2.45) is 5.73 Å². The zero-order chi connectivity index (χ0) is 13.1. The van der Waals surface area contributed by atoms with Crippen molar-refractivity contribution >= 4 is 27.5 Å². The normalized spacial score (nSPS) is 10.4. The summed E-state index contributed by atoms with van der Waals surface area (Å²) in [6.45, 7) is 0.435. The first kappa shape index (κ1) is 13.4. The van der Waals surface area contributed by atoms with Gasteiger partial charge in [0.1, 0.15) is 5.75 Å². The molecule has 0 aliphatic rings. The molecule has 0 aliphatic carbocycles. The fourth-order valence-corrected chi connectivity index (χ4v) is 2.84. The molecule has 0 fully saturated rings. The standard InChI is InChI=1S/C14H13BrClNO/c1-18-10-5-6-11(9(7-10)8-17)14-12(15)3-2-4-13(14)16/h2-7H,8,17H2,1H3. The van der Waals surface area contributed by atoms with Gasteiger partial charge < -0.3 is 10.5 Å². The number of rotatable bonds is 3. The van der Waals surface area contributed by atoms with E-state index in [1.165, 1.54) is 0 Å². The number of hydrogen-bond donors (Lipinski definition) is 1. The predicted octanol–water partition coefficient (Wildman–Crippen LogP) is 4.24. The molecule has 0 saturated carbocycles. The lowest BCUT2D eigenvalue weighted by Crippen LogP contribution is -2.00. The Hall–Kier alpha value is -1.03. The maximum Gasteiger partial charge on any atom is 0.119 e. The van der Waals surface area contributed by atoms with Gasteiger partial charge in [-0.25, -0.2) is 0 Å². The lowest BCUT2D eigenvalue weighted by Gasteiger charge is -2.13. The molecule has 2 rings (SSSR count). The van der Waals surface area contributed by atoms with Gasteiger partial charge in [0.15, 0.2) is 0 Å². The fraction of sp³-hybridized carbons (Fsp3) is 0.143. The Kier molecular flexibility index (Phi) is 4.27. The van der Waals surface area contributed by atoms with Crippen LogP contribution in [-0.4, -0.2) is 7.11 Å². The van der Waals surface area contributed by atoms with E-state index in [2.05, 4.69) is 15.9 Å². The van der Waals surface area contributed by atoms with Gasteiger partial charge in [0, 0.05) is 21.6 Å². The van der Waals surface area contributed by atoms with E-state index in [4.69, 9.17) is 22.1 Å². The molecule has 0 aromatic heterocycles. The van der Waals surface area contributed by atoms with Crippen LogP contribution < -0.4 is 10.5 Å². The second-order valence-electron chi connectivity index (χ2n) is 3.82. The van der Waals surface area contributed by atoms with Crippen LogP contribution in [0.4, 0.5) is 0 Å². The molecule has 2 aromatic rings. The first-order valence-corrected chi connectivity index (χ1v) is 6.66. The number of methoxy groups -OCH3 is 1. The molecule has 0 atom stereocenters. The van der Waals surface area contributed by atoms with Gasteiger partial charge in [-0.15, -0.1) is 0 Å². The molecule has 0 aliphatic heterocycles. The van der Waals surface area contributed by atoms with E-state index < -0.39 is 0 Å². The van der Waals surface area contributed by atoms with Gasteiger partial charge >= 0.3 is 0 Å². The van der Waals surface area contributed by atoms with Crippen LogP contribution in [0, 0.1) is 0 Å². The molecule has 0 heterocycles. The highest BCUT2D eigenvalue weighted by molar-refractivity contribution is 9.10. The highest BCUT2D eigenvalue weighted by Crippen LogP contribution is 2.37. The Balaban J connectivity index is 2.63. The average molecular weight is 327 g/mol. The van der Waals surface area contributed by atoms with Crippen molar-refractivity contribution in [2.45, 2.75) is 6.54 Å². The Morgan fingerprint density at radius 1 is 1.28 bits per heavy atom. The summed E-state index contributed by atoms with van der Waals surface area (Å²) in [7, 11) is 1.64. The largest absolute Gasteiger partial charge is 0.497 e. The quantitative estimate of drug-likeness (QED) is 0.916. The van der Waals surface area contributed by atoms with Crippen LogP contribution in [0.2, 0.25) is 5.02 Å². The van der Waals surface area contributed by atoms with Crippen LogP contribution >= 0.6 is 27.5 Å². The van der Waals surface area contributed by atoms with Gasteiger partial charge in [-0.05, 0) is 35.4 Å². The first-order chi connectivity index (χ1) is 8.67. The molecule has 0 spiro atoms. The van der Waals surface area contributed by atoms with E-state index in [1.54, 1.807) is 7.11 Å². The highest BCUT2D eigenvalue weighted by atomic mass is 79.9. The minimum atomic E-state index is 0.435. The third-order valence-corrected chi connectivity index (χ3v) is 3.74. The Morgan fingerprint density at radius 2 is 2.06 bits per heavy atom. The summed E-state index contributed by atoms with van der Waals surface area (Å²) in [5.41, 5.74) is 8.78. The summed E-state index contributed by atoms with van der Waals surface area (Å²) < 4.78 is 6.16. The third-order valence-electron chi connectivity index (χ3n) is 2.76. The van der Waals surface area contributed by atoms with Crippen LogP contribution in [0.25, 0.3) is 11.1 Å². The van der Waals surface area contributed by atoms with Gasteiger partial charge in [0.05, 0.1) is 7.11 Å². The van der Waals surface area contributed by atoms with E-state index in [9.17, 15) is 0 Å². The van der Waals surface area contributed by atoms with Crippen LogP contribution in [0.15, 0.2) is 40.9 Å². The van der Waals surface area contributed by atoms with E-state index in [0.29, 0.717) is 11.6 Å². The monoisotopic (exact) mass is 325 g/mol. The minimum absolute atomic E-state index is 0.435. The second-order valence-corrected chi connectivity index (χ2v) is 5.09. The lowest BCUT2D eigenvalue weighted by molar-refractivity contribution is 0.414. The van der Waals surface area contributed by atoms with Gasteiger partial charge in [0.25, 0.3) is 0 Å². The Bertz CT molecular complexity index is 551. The Morgan fingerprint density at radius 3 is 2.67 bits per heavy atom. The van der Waals surface area contributed by atoms with Crippen molar-refractivity contribution in [2.75, 3.05) is 7.11 Å². The van der Waals surface area contributed by atoms with E-state index in [1.807, 2.05) is 36.4 Å². The highest BCUT2D eigenvalue weighted by Gasteiger charge is 2.12. The van der Waals surface area contributed by atoms with Crippen molar-refractivity contribution in [1.29, 1.82) is 0 Å². The molecule has 0 bridgehead atoms. The van der Waals surface area contributed by atoms with E-state index >= 15 is 0 Å². The zero-order valence-electron chi connectivity index (χ0n) is 9.91. The maximum atomic E-state index is 6.26. The third kappa shape index (κ3) is 2.53. The maximum absolute atomic E-state index is 6.26. The van der Waals surface area contributed by atoms with E-state index in [-0.39, 0.29) is 0 Å². The summed E-state index contributed by atoms with van der Waals surface area (Å²) in [5, 5.41) is 0.698. The van der Waals surface area contributed by atoms with Crippen LogP contribution in [0.5, 0.6) is 5.75 Å². The van der Waals surface area contributed by atoms with Gasteiger partial charge in [0.2, 0.25) is 0 Å². The van der Waals surface area contributed by atoms with Crippen LogP contribution in [-0.2, 0) is 6.54 Å². The second kappa shape index (κ2) is 5.74. The number of benzene rings is 2. The average Bonchev–Trinajstić information content (AvgIpc) is 2.38. The lowest BCUT2D eigenvalue weighted by atomic mass is 9.99. The summed E-state index contributed by atoms with van der Waals surface area (Å²) >= 11 is 9.79. The molecule has 2 nitrogen and oxygen atoms in total. The van der Waals surface area contributed by atoms with Crippen LogP contribution in [0.1, 0.15) is 5.56 Å². The summed E-state index contributed by atoms with van der Waals surface area (Å²) in [5.74, 6) is 0.794. The molecule has 2 N–H and O–H groups in total. The summed E-state index contributed by atoms with van der Waals surface area (Å²) in [6, 6.07) is 11.6. The van der Waals surface area contributed by atoms with Crippen molar-refractivity contribution in [3.63, 3.8) is 0 Å². The molecule has 0 radical (unpaired) electrons. The summed E-state index contributed by atoms with van der Waals surface area (Å²) in [4.78, 5) is 0. The summed E-state index contributed by atoms with van der Waals surface area (Å²) in [6.07, 6.45) is 0. The molecule has 2 aromatic carbocycles. The van der Waals surface area contributed by atoms with Gasteiger partial charge in [-0.1, -0.05) is 39.7 Å². The molecule has 4 heteroatoms. The number of nitrogens with two attached hydrogens (primary N) is 1. The van der Waals surface area contributed by atoms with Gasteiger partial charge in [-0.3, -0.25) is 0 Å². The fourth-order valence-electron chi connectivity index (χ4n) is 1.86. The predicted molar refractivity (Wildman–Crippen MR) is 79.0 cm³/mol. The first-order valence-electron chi connectivity index (χ1n) is 5.48. The van der Waals surface area contributed by atoms with Crippen molar-refractivity contribution in [1.82, 2.24) is 0 Å². The smallest absolute Gasteiger partial charge is 0.119 e. The molecular formula is C14H13BrClNO. The van der Waals surface area contributed by atoms with Crippen molar-refractivity contribution in [3.8, 4) is 16.9 Å². The molecule has 0 unspecified atom stereocenters.